The number of primary amides is 1. The van der Waals surface area contributed by atoms with Crippen molar-refractivity contribution in [1.82, 2.24) is 19.7 Å². The van der Waals surface area contributed by atoms with Gasteiger partial charge in [0, 0.05) is 0 Å². The van der Waals surface area contributed by atoms with E-state index in [1.807, 2.05) is 18.2 Å². The molecule has 0 atom stereocenters. The van der Waals surface area contributed by atoms with Crippen LogP contribution < -0.4 is 11.1 Å². The van der Waals surface area contributed by atoms with Gasteiger partial charge in [-0.2, -0.15) is 0 Å². The van der Waals surface area contributed by atoms with E-state index in [-0.39, 0.29) is 11.7 Å². The van der Waals surface area contributed by atoms with E-state index in [9.17, 15) is 9.59 Å². The van der Waals surface area contributed by atoms with Gasteiger partial charge >= 0.3 is 0 Å². The number of carbonyl (C=O) groups excluding carboxylic acids is 2. The molecule has 10 heteroatoms. The molecule has 168 valence electrons. The van der Waals surface area contributed by atoms with Crippen molar-refractivity contribution >= 4 is 39.9 Å². The highest BCUT2D eigenvalue weighted by Crippen LogP contribution is 2.24. The number of hydrogen-bond donors (Lipinski definition) is 2. The number of rotatable bonds is 9. The van der Waals surface area contributed by atoms with Crippen LogP contribution in [0.2, 0.25) is 0 Å². The van der Waals surface area contributed by atoms with Gasteiger partial charge in [-0.15, -0.1) is 21.5 Å². The van der Waals surface area contributed by atoms with Crippen LogP contribution in [0.3, 0.4) is 0 Å². The fourth-order valence-corrected chi connectivity index (χ4v) is 5.24. The van der Waals surface area contributed by atoms with Crippen molar-refractivity contribution in [3.05, 3.63) is 58.7 Å². The molecule has 1 aliphatic heterocycles. The molecule has 8 nitrogen and oxygen atoms in total. The number of amides is 2. The Morgan fingerprint density at radius 3 is 2.59 bits per heavy atom. The highest BCUT2D eigenvalue weighted by Gasteiger charge is 2.19. The molecule has 1 aromatic carbocycles. The zero-order valence-electron chi connectivity index (χ0n) is 17.7. The Labute approximate surface area is 195 Å². The molecule has 0 radical (unpaired) electrons. The zero-order valence-corrected chi connectivity index (χ0v) is 19.3. The molecule has 0 spiro atoms. The number of thioether (sulfide) groups is 1. The van der Waals surface area contributed by atoms with Crippen LogP contribution in [0.4, 0.5) is 5.00 Å². The van der Waals surface area contributed by atoms with Gasteiger partial charge in [-0.25, -0.2) is 0 Å². The molecule has 3 N–H and O–H groups in total. The molecule has 3 aromatic rings. The SMILES string of the molecule is NC(=O)c1ccsc1NC(=O)CSc1nnc(CN2CCCCC2)n1Cc1ccccc1. The van der Waals surface area contributed by atoms with Gasteiger partial charge in [-0.05, 0) is 42.9 Å². The van der Waals surface area contributed by atoms with Crippen molar-refractivity contribution in [3.8, 4) is 0 Å². The van der Waals surface area contributed by atoms with Crippen molar-refractivity contribution in [2.75, 3.05) is 24.2 Å². The van der Waals surface area contributed by atoms with Crippen molar-refractivity contribution in [2.24, 2.45) is 5.73 Å². The molecule has 0 bridgehead atoms. The van der Waals surface area contributed by atoms with Gasteiger partial charge < -0.3 is 15.6 Å². The Morgan fingerprint density at radius 2 is 1.84 bits per heavy atom. The minimum Gasteiger partial charge on any atom is -0.366 e. The maximum atomic E-state index is 12.5. The smallest absolute Gasteiger partial charge is 0.251 e. The summed E-state index contributed by atoms with van der Waals surface area (Å²) >= 11 is 2.62. The van der Waals surface area contributed by atoms with E-state index in [0.717, 1.165) is 31.0 Å². The summed E-state index contributed by atoms with van der Waals surface area (Å²) < 4.78 is 2.10. The Kier molecular flexibility index (Phi) is 7.56. The molecule has 32 heavy (non-hydrogen) atoms. The Morgan fingerprint density at radius 1 is 1.06 bits per heavy atom. The van der Waals surface area contributed by atoms with E-state index < -0.39 is 5.91 Å². The fourth-order valence-electron chi connectivity index (χ4n) is 3.68. The van der Waals surface area contributed by atoms with Crippen molar-refractivity contribution in [2.45, 2.75) is 37.5 Å². The second-order valence-corrected chi connectivity index (χ2v) is 9.53. The average Bonchev–Trinajstić information content (AvgIpc) is 3.41. The summed E-state index contributed by atoms with van der Waals surface area (Å²) in [5.41, 5.74) is 6.84. The molecule has 2 amide bonds. The van der Waals surface area contributed by atoms with Crippen LogP contribution in [-0.4, -0.2) is 50.3 Å². The first-order valence-corrected chi connectivity index (χ1v) is 12.4. The van der Waals surface area contributed by atoms with Crippen LogP contribution in [0.15, 0.2) is 46.9 Å². The van der Waals surface area contributed by atoms with Gasteiger partial charge in [0.1, 0.15) is 10.8 Å². The lowest BCUT2D eigenvalue weighted by Gasteiger charge is -2.26. The second kappa shape index (κ2) is 10.8. The van der Waals surface area contributed by atoms with E-state index in [4.69, 9.17) is 5.73 Å². The van der Waals surface area contributed by atoms with Crippen molar-refractivity contribution in [1.29, 1.82) is 0 Å². The summed E-state index contributed by atoms with van der Waals surface area (Å²) in [6.45, 7) is 3.56. The normalized spacial score (nSPS) is 14.4. The van der Waals surface area contributed by atoms with E-state index in [2.05, 4.69) is 37.1 Å². The van der Waals surface area contributed by atoms with E-state index in [1.54, 1.807) is 11.4 Å². The van der Waals surface area contributed by atoms with Gasteiger partial charge in [-0.3, -0.25) is 14.5 Å². The third-order valence-corrected chi connectivity index (χ3v) is 7.10. The maximum absolute atomic E-state index is 12.5. The molecule has 1 saturated heterocycles. The molecule has 2 aromatic heterocycles. The molecular formula is C22H26N6O2S2. The largest absolute Gasteiger partial charge is 0.366 e. The fraction of sp³-hybridized carbons (Fsp3) is 0.364. The monoisotopic (exact) mass is 470 g/mol. The summed E-state index contributed by atoms with van der Waals surface area (Å²) in [6.07, 6.45) is 3.71. The van der Waals surface area contributed by atoms with Gasteiger partial charge in [-0.1, -0.05) is 48.5 Å². The van der Waals surface area contributed by atoms with Gasteiger partial charge in [0.15, 0.2) is 5.16 Å². The van der Waals surface area contributed by atoms with Crippen LogP contribution in [0.25, 0.3) is 0 Å². The van der Waals surface area contributed by atoms with Crippen LogP contribution >= 0.6 is 23.1 Å². The highest BCUT2D eigenvalue weighted by atomic mass is 32.2. The number of aromatic nitrogens is 3. The van der Waals surface area contributed by atoms with Crippen LogP contribution in [0.5, 0.6) is 0 Å². The number of anilines is 1. The third kappa shape index (κ3) is 5.76. The summed E-state index contributed by atoms with van der Waals surface area (Å²) in [7, 11) is 0. The minimum atomic E-state index is -0.556. The van der Waals surface area contributed by atoms with Gasteiger partial charge in [0.25, 0.3) is 5.91 Å². The Balaban J connectivity index is 1.46. The number of thiophene rings is 1. The number of carbonyl (C=O) groups is 2. The van der Waals surface area contributed by atoms with Crippen LogP contribution in [0.1, 0.15) is 41.0 Å². The first-order chi connectivity index (χ1) is 15.6. The maximum Gasteiger partial charge on any atom is 0.251 e. The molecule has 1 fully saturated rings. The highest BCUT2D eigenvalue weighted by molar-refractivity contribution is 7.99. The number of nitrogens with zero attached hydrogens (tertiary/aromatic N) is 4. The molecule has 0 aliphatic carbocycles. The zero-order chi connectivity index (χ0) is 22.3. The lowest BCUT2D eigenvalue weighted by molar-refractivity contribution is -0.113. The van der Waals surface area contributed by atoms with Crippen molar-refractivity contribution in [3.63, 3.8) is 0 Å². The third-order valence-electron chi connectivity index (χ3n) is 5.31. The number of benzene rings is 1. The van der Waals surface area contributed by atoms with Crippen LogP contribution in [0, 0.1) is 0 Å². The summed E-state index contributed by atoms with van der Waals surface area (Å²) in [5, 5.41) is 14.5. The summed E-state index contributed by atoms with van der Waals surface area (Å²) in [5.74, 6) is 0.297. The lowest BCUT2D eigenvalue weighted by atomic mass is 10.1. The van der Waals surface area contributed by atoms with Gasteiger partial charge in [0.05, 0.1) is 24.4 Å². The summed E-state index contributed by atoms with van der Waals surface area (Å²) in [4.78, 5) is 26.4. The summed E-state index contributed by atoms with van der Waals surface area (Å²) in [6, 6.07) is 11.8. The predicted molar refractivity (Wildman–Crippen MR) is 127 cm³/mol. The van der Waals surface area contributed by atoms with Crippen molar-refractivity contribution < 1.29 is 9.59 Å². The topological polar surface area (TPSA) is 106 Å². The second-order valence-electron chi connectivity index (χ2n) is 7.67. The standard InChI is InChI=1S/C22H26N6O2S2/c23-20(30)17-9-12-31-21(17)24-19(29)15-32-22-26-25-18(14-27-10-5-2-6-11-27)28(22)13-16-7-3-1-4-8-16/h1,3-4,7-9,12H,2,5-6,10-11,13-15H2,(H2,23,30)(H,24,29). The number of hydrogen-bond acceptors (Lipinski definition) is 7. The van der Waals surface area contributed by atoms with E-state index in [1.165, 1.54) is 42.4 Å². The first-order valence-electron chi connectivity index (χ1n) is 10.6. The molecule has 1 aliphatic rings. The molecule has 0 unspecified atom stereocenters. The number of piperidine rings is 1. The average molecular weight is 471 g/mol. The van der Waals surface area contributed by atoms with E-state index in [0.29, 0.717) is 22.3 Å². The molecule has 4 rings (SSSR count). The lowest BCUT2D eigenvalue weighted by Crippen LogP contribution is -2.30. The molecular weight excluding hydrogens is 444 g/mol. The number of nitrogens with two attached hydrogens (primary N) is 1. The minimum absolute atomic E-state index is 0.159. The molecule has 0 saturated carbocycles. The van der Waals surface area contributed by atoms with E-state index >= 15 is 0 Å². The Bertz CT molecular complexity index is 1060. The number of likely N-dealkylation sites (tertiary alicyclic amines) is 1. The van der Waals surface area contributed by atoms with Gasteiger partial charge in [0.2, 0.25) is 5.91 Å². The predicted octanol–water partition coefficient (Wildman–Crippen LogP) is 3.20. The first kappa shape index (κ1) is 22.5. The quantitative estimate of drug-likeness (QED) is 0.465. The Hall–Kier alpha value is -2.69. The molecule has 3 heterocycles. The number of nitrogens with one attached hydrogen (secondary N) is 1. The van der Waals surface area contributed by atoms with Crippen LogP contribution in [-0.2, 0) is 17.9 Å².